The topological polar surface area (TPSA) is 62.2 Å². The van der Waals surface area contributed by atoms with Crippen molar-refractivity contribution in [1.82, 2.24) is 4.98 Å². The van der Waals surface area contributed by atoms with Crippen molar-refractivity contribution >= 4 is 22.5 Å². The van der Waals surface area contributed by atoms with Gasteiger partial charge >= 0.3 is 0 Å². The Morgan fingerprint density at radius 3 is 2.61 bits per heavy atom. The molecule has 0 aliphatic carbocycles. The molecule has 0 atom stereocenters. The van der Waals surface area contributed by atoms with E-state index in [9.17, 15) is 4.79 Å². The zero-order chi connectivity index (χ0) is 16.2. The first kappa shape index (κ1) is 15.2. The summed E-state index contributed by atoms with van der Waals surface area (Å²) in [6.07, 6.45) is 0.612. The van der Waals surface area contributed by atoms with Crippen LogP contribution in [-0.4, -0.2) is 22.6 Å². The molecule has 3 aromatic rings. The largest absolute Gasteiger partial charge is 0.396 e. The van der Waals surface area contributed by atoms with Gasteiger partial charge in [-0.15, -0.1) is 0 Å². The lowest BCUT2D eigenvalue weighted by molar-refractivity contribution is 0.102. The lowest BCUT2D eigenvalue weighted by atomic mass is 10.1. The Morgan fingerprint density at radius 2 is 1.87 bits per heavy atom. The number of carbonyl (C=O) groups excluding carboxylic acids is 1. The number of anilines is 1. The van der Waals surface area contributed by atoms with Crippen LogP contribution in [0.2, 0.25) is 0 Å². The molecule has 1 amide bonds. The number of aliphatic hydroxyl groups excluding tert-OH is 1. The van der Waals surface area contributed by atoms with Crippen molar-refractivity contribution < 1.29 is 9.90 Å². The third kappa shape index (κ3) is 3.38. The fourth-order valence-electron chi connectivity index (χ4n) is 2.51. The monoisotopic (exact) mass is 306 g/mol. The minimum Gasteiger partial charge on any atom is -0.396 e. The van der Waals surface area contributed by atoms with Gasteiger partial charge in [-0.2, -0.15) is 0 Å². The van der Waals surface area contributed by atoms with Crippen LogP contribution in [0.3, 0.4) is 0 Å². The summed E-state index contributed by atoms with van der Waals surface area (Å²) in [6, 6.07) is 17.0. The van der Waals surface area contributed by atoms with Crippen LogP contribution in [0, 0.1) is 6.92 Å². The molecule has 0 bridgehead atoms. The Kier molecular flexibility index (Phi) is 4.35. The molecule has 3 rings (SSSR count). The minimum absolute atomic E-state index is 0.118. The number of benzene rings is 2. The Hall–Kier alpha value is -2.72. The number of amides is 1. The number of nitrogens with zero attached hydrogens (tertiary/aromatic N) is 1. The van der Waals surface area contributed by atoms with E-state index in [0.29, 0.717) is 17.5 Å². The molecular weight excluding hydrogens is 288 g/mol. The first-order valence-corrected chi connectivity index (χ1v) is 7.55. The zero-order valence-corrected chi connectivity index (χ0v) is 12.9. The molecule has 4 heteroatoms. The van der Waals surface area contributed by atoms with E-state index >= 15 is 0 Å². The van der Waals surface area contributed by atoms with Gasteiger partial charge in [-0.3, -0.25) is 9.78 Å². The number of nitrogens with one attached hydrogen (secondary N) is 1. The molecule has 0 fully saturated rings. The molecule has 1 aromatic heterocycles. The SMILES string of the molecule is Cc1ccc2cccc(C(=O)Nc3ccc(CCO)cc3)c2n1. The summed E-state index contributed by atoms with van der Waals surface area (Å²) in [7, 11) is 0. The van der Waals surface area contributed by atoms with Crippen molar-refractivity contribution in [2.24, 2.45) is 0 Å². The van der Waals surface area contributed by atoms with Crippen LogP contribution in [0.15, 0.2) is 54.6 Å². The van der Waals surface area contributed by atoms with E-state index in [1.807, 2.05) is 55.5 Å². The molecule has 23 heavy (non-hydrogen) atoms. The second-order valence-electron chi connectivity index (χ2n) is 5.45. The summed E-state index contributed by atoms with van der Waals surface area (Å²) >= 11 is 0. The Balaban J connectivity index is 1.87. The highest BCUT2D eigenvalue weighted by molar-refractivity contribution is 6.11. The lowest BCUT2D eigenvalue weighted by Crippen LogP contribution is -2.13. The molecule has 0 radical (unpaired) electrons. The maximum atomic E-state index is 12.6. The van der Waals surface area contributed by atoms with Gasteiger partial charge in [0.25, 0.3) is 5.91 Å². The second-order valence-corrected chi connectivity index (χ2v) is 5.45. The van der Waals surface area contributed by atoms with Crippen LogP contribution in [0.5, 0.6) is 0 Å². The van der Waals surface area contributed by atoms with Gasteiger partial charge < -0.3 is 10.4 Å². The van der Waals surface area contributed by atoms with E-state index in [-0.39, 0.29) is 12.5 Å². The van der Waals surface area contributed by atoms with Gasteiger partial charge in [0.05, 0.1) is 11.1 Å². The number of para-hydroxylation sites is 1. The Labute approximate surface area is 134 Å². The highest BCUT2D eigenvalue weighted by atomic mass is 16.2. The zero-order valence-electron chi connectivity index (χ0n) is 12.9. The van der Waals surface area contributed by atoms with Crippen molar-refractivity contribution in [1.29, 1.82) is 0 Å². The normalized spacial score (nSPS) is 10.7. The van der Waals surface area contributed by atoms with Crippen LogP contribution < -0.4 is 5.32 Å². The van der Waals surface area contributed by atoms with Gasteiger partial charge in [-0.1, -0.05) is 30.3 Å². The van der Waals surface area contributed by atoms with Crippen molar-refractivity contribution in [2.45, 2.75) is 13.3 Å². The van der Waals surface area contributed by atoms with Crippen LogP contribution in [-0.2, 0) is 6.42 Å². The first-order chi connectivity index (χ1) is 11.2. The Bertz CT molecular complexity index is 842. The van der Waals surface area contributed by atoms with E-state index in [1.165, 1.54) is 0 Å². The van der Waals surface area contributed by atoms with Crippen molar-refractivity contribution in [3.8, 4) is 0 Å². The summed E-state index contributed by atoms with van der Waals surface area (Å²) in [5, 5.41) is 12.8. The summed E-state index contributed by atoms with van der Waals surface area (Å²) in [4.78, 5) is 17.0. The van der Waals surface area contributed by atoms with E-state index in [1.54, 1.807) is 6.07 Å². The number of aromatic nitrogens is 1. The van der Waals surface area contributed by atoms with Crippen LogP contribution >= 0.6 is 0 Å². The number of fused-ring (bicyclic) bond motifs is 1. The van der Waals surface area contributed by atoms with E-state index in [2.05, 4.69) is 10.3 Å². The molecule has 0 unspecified atom stereocenters. The van der Waals surface area contributed by atoms with Crippen LogP contribution in [0.1, 0.15) is 21.6 Å². The van der Waals surface area contributed by atoms with Crippen molar-refractivity contribution in [3.05, 3.63) is 71.4 Å². The Morgan fingerprint density at radius 1 is 1.09 bits per heavy atom. The van der Waals surface area contributed by atoms with Gasteiger partial charge in [0, 0.05) is 23.4 Å². The molecular formula is C19H18N2O2. The van der Waals surface area contributed by atoms with E-state index in [4.69, 9.17) is 5.11 Å². The standard InChI is InChI=1S/C19H18N2O2/c1-13-5-8-15-3-2-4-17(18(15)20-13)19(23)21-16-9-6-14(7-10-16)11-12-22/h2-10,22H,11-12H2,1H3,(H,21,23). The predicted molar refractivity (Wildman–Crippen MR) is 91.7 cm³/mol. The number of carbonyl (C=O) groups is 1. The third-order valence-corrected chi connectivity index (χ3v) is 3.72. The summed E-state index contributed by atoms with van der Waals surface area (Å²) in [6.45, 7) is 2.03. The molecule has 0 saturated carbocycles. The van der Waals surface area contributed by atoms with Gasteiger partial charge in [-0.25, -0.2) is 0 Å². The van der Waals surface area contributed by atoms with Gasteiger partial charge in [0.15, 0.2) is 0 Å². The molecule has 4 nitrogen and oxygen atoms in total. The molecule has 2 N–H and O–H groups in total. The molecule has 116 valence electrons. The molecule has 0 spiro atoms. The van der Waals surface area contributed by atoms with E-state index < -0.39 is 0 Å². The fraction of sp³-hybridized carbons (Fsp3) is 0.158. The smallest absolute Gasteiger partial charge is 0.257 e. The molecule has 0 aliphatic rings. The molecule has 1 heterocycles. The third-order valence-electron chi connectivity index (χ3n) is 3.72. The summed E-state index contributed by atoms with van der Waals surface area (Å²) < 4.78 is 0. The number of hydrogen-bond acceptors (Lipinski definition) is 3. The maximum absolute atomic E-state index is 12.6. The van der Waals surface area contributed by atoms with Crippen LogP contribution in [0.4, 0.5) is 5.69 Å². The van der Waals surface area contributed by atoms with Gasteiger partial charge in [-0.05, 0) is 43.2 Å². The van der Waals surface area contributed by atoms with Crippen LogP contribution in [0.25, 0.3) is 10.9 Å². The molecule has 0 aliphatic heterocycles. The molecule has 0 saturated heterocycles. The summed E-state index contributed by atoms with van der Waals surface area (Å²) in [5.41, 5.74) is 3.91. The van der Waals surface area contributed by atoms with E-state index in [0.717, 1.165) is 22.3 Å². The minimum atomic E-state index is -0.177. The number of aryl methyl sites for hydroxylation is 1. The number of aliphatic hydroxyl groups is 1. The first-order valence-electron chi connectivity index (χ1n) is 7.55. The lowest BCUT2D eigenvalue weighted by Gasteiger charge is -2.09. The average molecular weight is 306 g/mol. The average Bonchev–Trinajstić information content (AvgIpc) is 2.56. The molecule has 2 aromatic carbocycles. The fourth-order valence-corrected chi connectivity index (χ4v) is 2.51. The van der Waals surface area contributed by atoms with Gasteiger partial charge in [0.2, 0.25) is 0 Å². The predicted octanol–water partition coefficient (Wildman–Crippen LogP) is 3.33. The van der Waals surface area contributed by atoms with Crippen molar-refractivity contribution in [3.63, 3.8) is 0 Å². The van der Waals surface area contributed by atoms with Gasteiger partial charge in [0.1, 0.15) is 0 Å². The van der Waals surface area contributed by atoms with Crippen molar-refractivity contribution in [2.75, 3.05) is 11.9 Å². The quantitative estimate of drug-likeness (QED) is 0.777. The number of rotatable bonds is 4. The highest BCUT2D eigenvalue weighted by Crippen LogP contribution is 2.19. The number of hydrogen-bond donors (Lipinski definition) is 2. The highest BCUT2D eigenvalue weighted by Gasteiger charge is 2.11. The second kappa shape index (κ2) is 6.58. The maximum Gasteiger partial charge on any atom is 0.257 e. The number of pyridine rings is 1. The summed E-state index contributed by atoms with van der Waals surface area (Å²) in [5.74, 6) is -0.177.